The highest BCUT2D eigenvalue weighted by Gasteiger charge is 2.19. The van der Waals surface area contributed by atoms with Crippen molar-refractivity contribution in [3.8, 4) is 5.69 Å². The minimum Gasteiger partial charge on any atom is -0.455 e. The molecule has 0 amide bonds. The first-order valence-electron chi connectivity index (χ1n) is 16.0. The average Bonchev–Trinajstić information content (AvgIpc) is 3.68. The van der Waals surface area contributed by atoms with Gasteiger partial charge in [0.05, 0.1) is 16.7 Å². The third-order valence-electron chi connectivity index (χ3n) is 9.54. The van der Waals surface area contributed by atoms with E-state index in [1.165, 1.54) is 38.0 Å². The van der Waals surface area contributed by atoms with E-state index in [0.717, 1.165) is 50.1 Å². The number of hydrogen-bond donors (Lipinski definition) is 0. The second-order valence-electron chi connectivity index (χ2n) is 12.2. The topological polar surface area (TPSA) is 21.3 Å². The van der Waals surface area contributed by atoms with Crippen molar-refractivity contribution in [2.45, 2.75) is 0 Å². The summed E-state index contributed by atoms with van der Waals surface area (Å²) in [6.07, 6.45) is 0. The van der Waals surface area contributed by atoms with E-state index in [1.807, 2.05) is 0 Å². The van der Waals surface area contributed by atoms with Gasteiger partial charge in [0.2, 0.25) is 0 Å². The zero-order chi connectivity index (χ0) is 30.9. The van der Waals surface area contributed by atoms with Crippen LogP contribution in [0.15, 0.2) is 174 Å². The Morgan fingerprint density at radius 2 is 1.00 bits per heavy atom. The molecule has 220 valence electrons. The zero-order valence-electron chi connectivity index (χ0n) is 25.5. The molecule has 0 saturated heterocycles. The van der Waals surface area contributed by atoms with Crippen molar-refractivity contribution >= 4 is 82.4 Å². The summed E-state index contributed by atoms with van der Waals surface area (Å²) in [5.74, 6) is 0. The minimum atomic E-state index is 0.873. The molecule has 3 nitrogen and oxygen atoms in total. The molecule has 10 aromatic rings. The number of rotatable bonds is 4. The van der Waals surface area contributed by atoms with Crippen LogP contribution in [0.5, 0.6) is 0 Å². The van der Waals surface area contributed by atoms with Crippen molar-refractivity contribution in [1.82, 2.24) is 4.57 Å². The van der Waals surface area contributed by atoms with E-state index >= 15 is 0 Å². The molecule has 0 saturated carbocycles. The van der Waals surface area contributed by atoms with Gasteiger partial charge in [-0.25, -0.2) is 0 Å². The fourth-order valence-corrected chi connectivity index (χ4v) is 7.43. The summed E-state index contributed by atoms with van der Waals surface area (Å²) in [4.78, 5) is 2.37. The monoisotopic (exact) mass is 600 g/mol. The minimum absolute atomic E-state index is 0.873. The SMILES string of the molecule is c1cc(N(c2ccc3c(c2)oc2c4ccccc4ccc32)c2cccc3ccccc23)cc(-n2c3ccccc3c3ccccc32)c1. The molecule has 0 radical (unpaired) electrons. The maximum atomic E-state index is 6.66. The van der Waals surface area contributed by atoms with Gasteiger partial charge in [-0.05, 0) is 65.4 Å². The summed E-state index contributed by atoms with van der Waals surface area (Å²) in [7, 11) is 0. The maximum Gasteiger partial charge on any atom is 0.143 e. The van der Waals surface area contributed by atoms with Crippen LogP contribution < -0.4 is 4.90 Å². The largest absolute Gasteiger partial charge is 0.455 e. The lowest BCUT2D eigenvalue weighted by Gasteiger charge is -2.27. The number of para-hydroxylation sites is 2. The second kappa shape index (κ2) is 10.1. The molecule has 0 aliphatic rings. The number of anilines is 3. The molecule has 0 N–H and O–H groups in total. The molecule has 47 heavy (non-hydrogen) atoms. The third-order valence-corrected chi connectivity index (χ3v) is 9.54. The van der Waals surface area contributed by atoms with Crippen LogP contribution in [0.2, 0.25) is 0 Å². The lowest BCUT2D eigenvalue weighted by atomic mass is 10.0. The molecule has 2 aromatic heterocycles. The number of benzene rings is 8. The van der Waals surface area contributed by atoms with Gasteiger partial charge < -0.3 is 13.9 Å². The van der Waals surface area contributed by atoms with Crippen LogP contribution in [-0.4, -0.2) is 4.57 Å². The second-order valence-corrected chi connectivity index (χ2v) is 12.2. The Bertz CT molecular complexity index is 2760. The highest BCUT2D eigenvalue weighted by atomic mass is 16.3. The first-order chi connectivity index (χ1) is 23.3. The summed E-state index contributed by atoms with van der Waals surface area (Å²) >= 11 is 0. The Hall–Kier alpha value is -6.32. The van der Waals surface area contributed by atoms with Crippen molar-refractivity contribution in [2.24, 2.45) is 0 Å². The van der Waals surface area contributed by atoms with Crippen LogP contribution in [-0.2, 0) is 0 Å². The molecule has 3 heteroatoms. The van der Waals surface area contributed by atoms with E-state index in [1.54, 1.807) is 0 Å². The van der Waals surface area contributed by atoms with E-state index < -0.39 is 0 Å². The number of fused-ring (bicyclic) bond motifs is 9. The molecule has 0 aliphatic heterocycles. The van der Waals surface area contributed by atoms with Crippen molar-refractivity contribution in [3.63, 3.8) is 0 Å². The molecule has 0 unspecified atom stereocenters. The molecular weight excluding hydrogens is 572 g/mol. The van der Waals surface area contributed by atoms with Crippen molar-refractivity contribution in [3.05, 3.63) is 170 Å². The van der Waals surface area contributed by atoms with Crippen LogP contribution in [0.3, 0.4) is 0 Å². The fraction of sp³-hybridized carbons (Fsp3) is 0. The third kappa shape index (κ3) is 3.93. The number of furan rings is 1. The molecule has 10 rings (SSSR count). The lowest BCUT2D eigenvalue weighted by molar-refractivity contribution is 0.673. The normalized spacial score (nSPS) is 11.8. The fourth-order valence-electron chi connectivity index (χ4n) is 7.43. The predicted molar refractivity (Wildman–Crippen MR) is 198 cm³/mol. The highest BCUT2D eigenvalue weighted by Crippen LogP contribution is 2.43. The van der Waals surface area contributed by atoms with E-state index in [4.69, 9.17) is 4.42 Å². The summed E-state index contributed by atoms with van der Waals surface area (Å²) in [6.45, 7) is 0. The molecule has 8 aromatic carbocycles. The van der Waals surface area contributed by atoms with Crippen LogP contribution in [0.4, 0.5) is 17.1 Å². The summed E-state index contributed by atoms with van der Waals surface area (Å²) in [5, 5.41) is 9.45. The molecule has 0 atom stereocenters. The van der Waals surface area contributed by atoms with E-state index in [0.29, 0.717) is 0 Å². The van der Waals surface area contributed by atoms with Gasteiger partial charge >= 0.3 is 0 Å². The Kier molecular flexibility index (Phi) is 5.57. The molecule has 2 heterocycles. The van der Waals surface area contributed by atoms with Gasteiger partial charge in [-0.2, -0.15) is 0 Å². The summed E-state index contributed by atoms with van der Waals surface area (Å²) in [5.41, 5.74) is 8.53. The summed E-state index contributed by atoms with van der Waals surface area (Å²) in [6, 6.07) is 60.8. The van der Waals surface area contributed by atoms with Crippen LogP contribution in [0, 0.1) is 0 Å². The predicted octanol–water partition coefficient (Wildman–Crippen LogP) is 12.5. The Balaban J connectivity index is 1.22. The average molecular weight is 601 g/mol. The first kappa shape index (κ1) is 26.0. The zero-order valence-corrected chi connectivity index (χ0v) is 25.5. The van der Waals surface area contributed by atoms with Crippen molar-refractivity contribution < 1.29 is 4.42 Å². The lowest BCUT2D eigenvalue weighted by Crippen LogP contribution is -2.11. The van der Waals surface area contributed by atoms with Gasteiger partial charge in [-0.15, -0.1) is 0 Å². The van der Waals surface area contributed by atoms with E-state index in [2.05, 4.69) is 179 Å². The van der Waals surface area contributed by atoms with E-state index in [9.17, 15) is 0 Å². The molecule has 0 bridgehead atoms. The smallest absolute Gasteiger partial charge is 0.143 e. The van der Waals surface area contributed by atoms with Gasteiger partial charge in [0.1, 0.15) is 11.2 Å². The quantitative estimate of drug-likeness (QED) is 0.200. The summed E-state index contributed by atoms with van der Waals surface area (Å²) < 4.78 is 9.04. The van der Waals surface area contributed by atoms with Crippen LogP contribution in [0.1, 0.15) is 0 Å². The number of hydrogen-bond acceptors (Lipinski definition) is 2. The van der Waals surface area contributed by atoms with Gasteiger partial charge in [-0.1, -0.05) is 109 Å². The van der Waals surface area contributed by atoms with Gasteiger partial charge in [-0.3, -0.25) is 0 Å². The standard InChI is InChI=1S/C44H28N2O/c1-3-16-34-29(11-1)13-9-22-40(34)45(33-24-26-38-39-25-23-30-12-2-4-17-35(30)44(39)47-43(38)28-33)31-14-10-15-32(27-31)46-41-20-7-5-18-36(41)37-19-6-8-21-42(37)46/h1-28H. The number of nitrogens with zero attached hydrogens (tertiary/aromatic N) is 2. The van der Waals surface area contributed by atoms with Gasteiger partial charge in [0.25, 0.3) is 0 Å². The molecule has 0 aliphatic carbocycles. The highest BCUT2D eigenvalue weighted by molar-refractivity contribution is 6.15. The Morgan fingerprint density at radius 1 is 0.404 bits per heavy atom. The van der Waals surface area contributed by atoms with Crippen molar-refractivity contribution in [2.75, 3.05) is 4.90 Å². The molecule has 0 spiro atoms. The van der Waals surface area contributed by atoms with E-state index in [-0.39, 0.29) is 0 Å². The van der Waals surface area contributed by atoms with Gasteiger partial charge in [0, 0.05) is 55.4 Å². The van der Waals surface area contributed by atoms with Gasteiger partial charge in [0.15, 0.2) is 0 Å². The maximum absolute atomic E-state index is 6.66. The Labute approximate surface area is 271 Å². The first-order valence-corrected chi connectivity index (χ1v) is 16.0. The molecular formula is C44H28N2O. The van der Waals surface area contributed by atoms with Crippen LogP contribution in [0.25, 0.3) is 71.0 Å². The van der Waals surface area contributed by atoms with Crippen LogP contribution >= 0.6 is 0 Å². The Morgan fingerprint density at radius 3 is 1.79 bits per heavy atom. The van der Waals surface area contributed by atoms with Crippen molar-refractivity contribution in [1.29, 1.82) is 0 Å². The molecule has 0 fully saturated rings. The number of aromatic nitrogens is 1.